The molecule has 9 heteroatoms. The minimum absolute atomic E-state index is 0.0363. The largest absolute Gasteiger partial charge is 0.372 e. The molecule has 2 amide bonds. The first-order valence-corrected chi connectivity index (χ1v) is 9.23. The molecule has 0 fully saturated rings. The van der Waals surface area contributed by atoms with Gasteiger partial charge in [-0.05, 0) is 24.5 Å². The summed E-state index contributed by atoms with van der Waals surface area (Å²) in [4.78, 5) is 43.5. The quantitative estimate of drug-likeness (QED) is 0.751. The van der Waals surface area contributed by atoms with Crippen LogP contribution in [0.3, 0.4) is 0 Å². The van der Waals surface area contributed by atoms with Crippen LogP contribution in [0, 0.1) is 0 Å². The van der Waals surface area contributed by atoms with Crippen LogP contribution >= 0.6 is 0 Å². The molecule has 1 N–H and O–H groups in total. The maximum Gasteiger partial charge on any atom is 0.263 e. The molecule has 3 rings (SSSR count). The van der Waals surface area contributed by atoms with E-state index in [0.29, 0.717) is 37.5 Å². The topological polar surface area (TPSA) is 98.5 Å². The molecule has 150 valence electrons. The molecule has 1 aliphatic heterocycles. The number of hydrogen-bond donors (Lipinski definition) is 1. The summed E-state index contributed by atoms with van der Waals surface area (Å²) in [6.45, 7) is 3.39. The zero-order valence-electron chi connectivity index (χ0n) is 16.4. The van der Waals surface area contributed by atoms with Gasteiger partial charge in [-0.1, -0.05) is 0 Å². The van der Waals surface area contributed by atoms with Gasteiger partial charge >= 0.3 is 0 Å². The molecule has 0 spiro atoms. The Kier molecular flexibility index (Phi) is 5.93. The first-order valence-electron chi connectivity index (χ1n) is 9.23. The first-order chi connectivity index (χ1) is 13.4. The summed E-state index contributed by atoms with van der Waals surface area (Å²) in [6.07, 6.45) is 5.60. The summed E-state index contributed by atoms with van der Waals surface area (Å²) < 4.78 is 8.40. The normalized spacial score (nSPS) is 13.3. The lowest BCUT2D eigenvalue weighted by molar-refractivity contribution is -0.136. The third-order valence-electron chi connectivity index (χ3n) is 4.90. The highest BCUT2D eigenvalue weighted by Crippen LogP contribution is 2.21. The SMILES string of the molecule is CCOCC(=O)N1CCc2c(cn(C)c(=O)c2C(=O)NCc2nccn2C)C1. The van der Waals surface area contributed by atoms with Gasteiger partial charge in [-0.25, -0.2) is 4.98 Å². The number of amides is 2. The maximum atomic E-state index is 12.8. The van der Waals surface area contributed by atoms with Crippen LogP contribution in [0.25, 0.3) is 0 Å². The number of ether oxygens (including phenoxy) is 1. The zero-order valence-corrected chi connectivity index (χ0v) is 16.4. The van der Waals surface area contributed by atoms with E-state index in [-0.39, 0.29) is 30.2 Å². The van der Waals surface area contributed by atoms with Crippen molar-refractivity contribution in [3.63, 3.8) is 0 Å². The fourth-order valence-corrected chi connectivity index (χ4v) is 3.33. The van der Waals surface area contributed by atoms with Crippen molar-refractivity contribution in [1.82, 2.24) is 24.3 Å². The highest BCUT2D eigenvalue weighted by molar-refractivity contribution is 5.95. The van der Waals surface area contributed by atoms with Gasteiger partial charge in [0.1, 0.15) is 18.0 Å². The van der Waals surface area contributed by atoms with Gasteiger partial charge in [-0.3, -0.25) is 14.4 Å². The Bertz CT molecular complexity index is 946. The lowest BCUT2D eigenvalue weighted by atomic mass is 9.96. The van der Waals surface area contributed by atoms with E-state index in [0.717, 1.165) is 5.56 Å². The van der Waals surface area contributed by atoms with Crippen LogP contribution in [0.4, 0.5) is 0 Å². The molecule has 3 heterocycles. The Balaban J connectivity index is 1.82. The highest BCUT2D eigenvalue weighted by Gasteiger charge is 2.27. The third kappa shape index (κ3) is 3.99. The van der Waals surface area contributed by atoms with Gasteiger partial charge in [0.2, 0.25) is 5.91 Å². The smallest absolute Gasteiger partial charge is 0.263 e. The Morgan fingerprint density at radius 2 is 2.07 bits per heavy atom. The van der Waals surface area contributed by atoms with Crippen LogP contribution in [0.1, 0.15) is 34.2 Å². The minimum Gasteiger partial charge on any atom is -0.372 e. The Labute approximate surface area is 162 Å². The molecule has 2 aromatic rings. The summed E-state index contributed by atoms with van der Waals surface area (Å²) in [6, 6.07) is 0. The van der Waals surface area contributed by atoms with Gasteiger partial charge in [0.25, 0.3) is 11.5 Å². The summed E-state index contributed by atoms with van der Waals surface area (Å²) >= 11 is 0. The molecule has 1 aliphatic rings. The summed E-state index contributed by atoms with van der Waals surface area (Å²) in [5, 5.41) is 2.79. The van der Waals surface area contributed by atoms with E-state index >= 15 is 0 Å². The summed E-state index contributed by atoms with van der Waals surface area (Å²) in [5.41, 5.74) is 1.32. The molecule has 2 aromatic heterocycles. The van der Waals surface area contributed by atoms with Crippen molar-refractivity contribution < 1.29 is 14.3 Å². The number of nitrogens with zero attached hydrogens (tertiary/aromatic N) is 4. The Hall–Kier alpha value is -2.94. The van der Waals surface area contributed by atoms with Crippen molar-refractivity contribution in [3.8, 4) is 0 Å². The molecule has 0 bridgehead atoms. The van der Waals surface area contributed by atoms with Crippen LogP contribution in [0.2, 0.25) is 0 Å². The predicted octanol–water partition coefficient (Wildman–Crippen LogP) is -0.0300. The predicted molar refractivity (Wildman–Crippen MR) is 102 cm³/mol. The van der Waals surface area contributed by atoms with Crippen LogP contribution in [-0.4, -0.2) is 50.6 Å². The number of nitrogens with one attached hydrogen (secondary N) is 1. The summed E-state index contributed by atoms with van der Waals surface area (Å²) in [7, 11) is 3.45. The molecule has 0 aromatic carbocycles. The van der Waals surface area contributed by atoms with Gasteiger partial charge < -0.3 is 24.1 Å². The number of hydrogen-bond acceptors (Lipinski definition) is 5. The first kappa shape index (κ1) is 19.8. The van der Waals surface area contributed by atoms with Crippen LogP contribution in [0.15, 0.2) is 23.4 Å². The highest BCUT2D eigenvalue weighted by atomic mass is 16.5. The maximum absolute atomic E-state index is 12.8. The lowest BCUT2D eigenvalue weighted by Gasteiger charge is -2.30. The zero-order chi connectivity index (χ0) is 20.3. The monoisotopic (exact) mass is 387 g/mol. The van der Waals surface area contributed by atoms with Crippen molar-refractivity contribution in [2.45, 2.75) is 26.4 Å². The fraction of sp³-hybridized carbons (Fsp3) is 0.474. The molecule has 0 saturated heterocycles. The van der Waals surface area contributed by atoms with Crippen molar-refractivity contribution in [2.24, 2.45) is 14.1 Å². The van der Waals surface area contributed by atoms with E-state index in [1.807, 2.05) is 14.0 Å². The molecule has 0 radical (unpaired) electrons. The van der Waals surface area contributed by atoms with Crippen molar-refractivity contribution in [3.05, 3.63) is 51.5 Å². The van der Waals surface area contributed by atoms with Crippen LogP contribution in [0.5, 0.6) is 0 Å². The van der Waals surface area contributed by atoms with Gasteiger partial charge in [0.15, 0.2) is 0 Å². The second-order valence-electron chi connectivity index (χ2n) is 6.76. The number of aromatic nitrogens is 3. The minimum atomic E-state index is -0.422. The van der Waals surface area contributed by atoms with Crippen molar-refractivity contribution in [2.75, 3.05) is 19.8 Å². The standard InChI is InChI=1S/C19H25N5O4/c1-4-28-12-16(25)24-7-5-14-13(11-24)10-23(3)19(27)17(14)18(26)21-9-15-20-6-8-22(15)2/h6,8,10H,4-5,7,9,11-12H2,1-3H3,(H,21,26). The molecule has 0 saturated carbocycles. The van der Waals surface area contributed by atoms with Crippen LogP contribution < -0.4 is 10.9 Å². The van der Waals surface area contributed by atoms with Gasteiger partial charge in [0.05, 0.1) is 6.54 Å². The number of pyridine rings is 1. The molecule has 0 unspecified atom stereocenters. The van der Waals surface area contributed by atoms with E-state index in [1.54, 1.807) is 35.1 Å². The van der Waals surface area contributed by atoms with E-state index < -0.39 is 5.91 Å². The van der Waals surface area contributed by atoms with Crippen LogP contribution in [-0.2, 0) is 43.1 Å². The second kappa shape index (κ2) is 8.39. The van der Waals surface area contributed by atoms with Crippen molar-refractivity contribution in [1.29, 1.82) is 0 Å². The third-order valence-corrected chi connectivity index (χ3v) is 4.90. The average Bonchev–Trinajstić information content (AvgIpc) is 3.09. The number of carbonyl (C=O) groups excluding carboxylic acids is 2. The Morgan fingerprint density at radius 3 is 2.75 bits per heavy atom. The summed E-state index contributed by atoms with van der Waals surface area (Å²) in [5.74, 6) is 0.180. The molecular weight excluding hydrogens is 362 g/mol. The van der Waals surface area contributed by atoms with E-state index in [1.165, 1.54) is 4.57 Å². The number of fused-ring (bicyclic) bond motifs is 1. The number of carbonyl (C=O) groups is 2. The van der Waals surface area contributed by atoms with E-state index in [4.69, 9.17) is 4.74 Å². The number of aryl methyl sites for hydroxylation is 2. The molecule has 0 aliphatic carbocycles. The molecular formula is C19H25N5O4. The Morgan fingerprint density at radius 1 is 1.29 bits per heavy atom. The van der Waals surface area contributed by atoms with Gasteiger partial charge in [0, 0.05) is 52.4 Å². The van der Waals surface area contributed by atoms with Gasteiger partial charge in [-0.15, -0.1) is 0 Å². The molecule has 0 atom stereocenters. The number of imidazole rings is 1. The van der Waals surface area contributed by atoms with E-state index in [2.05, 4.69) is 10.3 Å². The van der Waals surface area contributed by atoms with E-state index in [9.17, 15) is 14.4 Å². The van der Waals surface area contributed by atoms with Gasteiger partial charge in [-0.2, -0.15) is 0 Å². The second-order valence-corrected chi connectivity index (χ2v) is 6.76. The molecule has 9 nitrogen and oxygen atoms in total. The fourth-order valence-electron chi connectivity index (χ4n) is 3.33. The molecule has 28 heavy (non-hydrogen) atoms. The lowest BCUT2D eigenvalue weighted by Crippen LogP contribution is -2.42. The average molecular weight is 387 g/mol. The van der Waals surface area contributed by atoms with Crippen molar-refractivity contribution >= 4 is 11.8 Å². The number of rotatable bonds is 6.